The molecule has 0 bridgehead atoms. The van der Waals surface area contributed by atoms with Gasteiger partial charge < -0.3 is 14.2 Å². The second kappa shape index (κ2) is 53.8. The van der Waals surface area contributed by atoms with Crippen LogP contribution in [0.3, 0.4) is 0 Å². The lowest BCUT2D eigenvalue weighted by Gasteiger charge is -2.18. The van der Waals surface area contributed by atoms with Gasteiger partial charge in [-0.25, -0.2) is 0 Å². The first kappa shape index (κ1) is 65.4. The Kier molecular flexibility index (Phi) is 52.5. The number of esters is 3. The molecule has 0 rings (SSSR count). The molecule has 67 heavy (non-hydrogen) atoms. The van der Waals surface area contributed by atoms with Crippen molar-refractivity contribution in [1.29, 1.82) is 0 Å². The Labute approximate surface area is 418 Å². The van der Waals surface area contributed by atoms with Crippen molar-refractivity contribution in [3.05, 3.63) is 0 Å². The molecule has 0 aliphatic rings. The van der Waals surface area contributed by atoms with Gasteiger partial charge in [0.2, 0.25) is 0 Å². The van der Waals surface area contributed by atoms with E-state index in [1.807, 2.05) is 0 Å². The highest BCUT2D eigenvalue weighted by Gasteiger charge is 2.19. The molecule has 0 radical (unpaired) electrons. The van der Waals surface area contributed by atoms with Gasteiger partial charge in [-0.05, 0) is 31.1 Å². The van der Waals surface area contributed by atoms with Crippen LogP contribution in [0.1, 0.15) is 343 Å². The maximum Gasteiger partial charge on any atom is 0.306 e. The third-order valence-electron chi connectivity index (χ3n) is 14.3. The van der Waals surface area contributed by atoms with E-state index in [1.54, 1.807) is 0 Å². The summed E-state index contributed by atoms with van der Waals surface area (Å²) in [5.74, 6) is 0.908. The molecule has 1 unspecified atom stereocenters. The standard InChI is InChI=1S/C61H118O6/c1-6-8-9-10-11-12-13-19-26-31-36-41-46-51-59(62)65-54-58(67-61(64)53-48-43-38-33-28-23-16-14-15-20-24-29-34-39-44-49-56(3)4)55-66-60(63)52-47-42-37-32-27-22-18-17-21-25-30-35-40-45-50-57(5)7-2/h56-58H,6-55H2,1-5H3/t57?,58-/m0/s1. The lowest BCUT2D eigenvalue weighted by Crippen LogP contribution is -2.30. The molecule has 0 saturated heterocycles. The van der Waals surface area contributed by atoms with Crippen LogP contribution in [0.5, 0.6) is 0 Å². The zero-order valence-electron chi connectivity index (χ0n) is 46.0. The van der Waals surface area contributed by atoms with Crippen molar-refractivity contribution in [2.75, 3.05) is 13.2 Å². The summed E-state index contributed by atoms with van der Waals surface area (Å²) in [5.41, 5.74) is 0. The Morgan fingerprint density at radius 1 is 0.313 bits per heavy atom. The summed E-state index contributed by atoms with van der Waals surface area (Å²) >= 11 is 0. The van der Waals surface area contributed by atoms with Crippen LogP contribution in [0.2, 0.25) is 0 Å². The van der Waals surface area contributed by atoms with Gasteiger partial charge in [-0.2, -0.15) is 0 Å². The number of hydrogen-bond donors (Lipinski definition) is 0. The van der Waals surface area contributed by atoms with E-state index in [2.05, 4.69) is 34.6 Å². The molecule has 0 spiro atoms. The summed E-state index contributed by atoms with van der Waals surface area (Å²) in [6.45, 7) is 11.5. The van der Waals surface area contributed by atoms with Gasteiger partial charge in [0, 0.05) is 19.3 Å². The van der Waals surface area contributed by atoms with Crippen molar-refractivity contribution in [2.45, 2.75) is 349 Å². The van der Waals surface area contributed by atoms with Gasteiger partial charge in [-0.1, -0.05) is 304 Å². The number of ether oxygens (including phenoxy) is 3. The topological polar surface area (TPSA) is 78.9 Å². The maximum absolute atomic E-state index is 12.9. The summed E-state index contributed by atoms with van der Waals surface area (Å²) < 4.78 is 16.9. The number of hydrogen-bond acceptors (Lipinski definition) is 6. The van der Waals surface area contributed by atoms with Crippen LogP contribution in [0.4, 0.5) is 0 Å². The van der Waals surface area contributed by atoms with E-state index in [9.17, 15) is 14.4 Å². The molecule has 0 amide bonds. The highest BCUT2D eigenvalue weighted by atomic mass is 16.6. The fourth-order valence-electron chi connectivity index (χ4n) is 9.37. The zero-order chi connectivity index (χ0) is 48.9. The Balaban J connectivity index is 4.28. The summed E-state index contributed by atoms with van der Waals surface area (Å²) in [5, 5.41) is 0. The first-order chi connectivity index (χ1) is 32.8. The molecule has 6 nitrogen and oxygen atoms in total. The lowest BCUT2D eigenvalue weighted by molar-refractivity contribution is -0.167. The van der Waals surface area contributed by atoms with E-state index in [4.69, 9.17) is 14.2 Å². The monoisotopic (exact) mass is 947 g/mol. The summed E-state index contributed by atoms with van der Waals surface area (Å²) in [4.78, 5) is 38.2. The fourth-order valence-corrected chi connectivity index (χ4v) is 9.37. The Hall–Kier alpha value is -1.59. The molecular weight excluding hydrogens is 829 g/mol. The summed E-state index contributed by atoms with van der Waals surface area (Å²) in [7, 11) is 0. The SMILES string of the molecule is CCCCCCCCCCCCCCCC(=O)OC[C@@H](COC(=O)CCCCCCCCCCCCCCCCC(C)CC)OC(=O)CCCCCCCCCCCCCCCCCC(C)C. The second-order valence-corrected chi connectivity index (χ2v) is 21.7. The highest BCUT2D eigenvalue weighted by molar-refractivity contribution is 5.71. The quantitative estimate of drug-likeness (QED) is 0.0343. The highest BCUT2D eigenvalue weighted by Crippen LogP contribution is 2.19. The fraction of sp³-hybridized carbons (Fsp3) is 0.951. The van der Waals surface area contributed by atoms with Gasteiger partial charge in [0.15, 0.2) is 6.10 Å². The molecule has 0 fully saturated rings. The van der Waals surface area contributed by atoms with E-state index >= 15 is 0 Å². The maximum atomic E-state index is 12.9. The van der Waals surface area contributed by atoms with Crippen LogP contribution < -0.4 is 0 Å². The van der Waals surface area contributed by atoms with Gasteiger partial charge in [0.1, 0.15) is 13.2 Å². The first-order valence-corrected chi connectivity index (χ1v) is 30.3. The second-order valence-electron chi connectivity index (χ2n) is 21.7. The van der Waals surface area contributed by atoms with Crippen molar-refractivity contribution in [3.63, 3.8) is 0 Å². The van der Waals surface area contributed by atoms with Crippen LogP contribution in [-0.4, -0.2) is 37.2 Å². The Morgan fingerprint density at radius 2 is 0.567 bits per heavy atom. The van der Waals surface area contributed by atoms with Crippen molar-refractivity contribution < 1.29 is 28.6 Å². The predicted molar refractivity (Wildman–Crippen MR) is 289 cm³/mol. The summed E-state index contributed by atoms with van der Waals surface area (Å²) in [6, 6.07) is 0. The van der Waals surface area contributed by atoms with Gasteiger partial charge >= 0.3 is 17.9 Å². The average Bonchev–Trinajstić information content (AvgIpc) is 3.31. The van der Waals surface area contributed by atoms with E-state index in [-0.39, 0.29) is 31.1 Å². The molecule has 0 saturated carbocycles. The molecule has 0 N–H and O–H groups in total. The molecule has 0 heterocycles. The lowest BCUT2D eigenvalue weighted by atomic mass is 9.99. The largest absolute Gasteiger partial charge is 0.462 e. The van der Waals surface area contributed by atoms with Gasteiger partial charge in [0.25, 0.3) is 0 Å². The van der Waals surface area contributed by atoms with Crippen molar-refractivity contribution in [3.8, 4) is 0 Å². The minimum Gasteiger partial charge on any atom is -0.462 e. The molecule has 398 valence electrons. The molecular formula is C61H118O6. The van der Waals surface area contributed by atoms with Crippen LogP contribution in [-0.2, 0) is 28.6 Å². The van der Waals surface area contributed by atoms with Crippen LogP contribution in [0.15, 0.2) is 0 Å². The average molecular weight is 948 g/mol. The van der Waals surface area contributed by atoms with Gasteiger partial charge in [-0.3, -0.25) is 14.4 Å². The van der Waals surface area contributed by atoms with E-state index in [0.717, 1.165) is 69.6 Å². The molecule has 0 aromatic carbocycles. The molecule has 0 aliphatic carbocycles. The predicted octanol–water partition coefficient (Wildman–Crippen LogP) is 20.0. The van der Waals surface area contributed by atoms with Crippen molar-refractivity contribution in [2.24, 2.45) is 11.8 Å². The number of unbranched alkanes of at least 4 members (excludes halogenated alkanes) is 39. The first-order valence-electron chi connectivity index (χ1n) is 30.3. The van der Waals surface area contributed by atoms with Crippen molar-refractivity contribution in [1.82, 2.24) is 0 Å². The van der Waals surface area contributed by atoms with Gasteiger partial charge in [-0.15, -0.1) is 0 Å². The van der Waals surface area contributed by atoms with E-state index in [0.29, 0.717) is 19.3 Å². The van der Waals surface area contributed by atoms with Crippen LogP contribution in [0.25, 0.3) is 0 Å². The minimum atomic E-state index is -0.763. The van der Waals surface area contributed by atoms with Crippen LogP contribution >= 0.6 is 0 Å². The zero-order valence-corrected chi connectivity index (χ0v) is 46.0. The molecule has 6 heteroatoms. The van der Waals surface area contributed by atoms with Gasteiger partial charge in [0.05, 0.1) is 0 Å². The van der Waals surface area contributed by atoms with E-state index < -0.39 is 6.10 Å². The minimum absolute atomic E-state index is 0.0622. The number of carbonyl (C=O) groups is 3. The van der Waals surface area contributed by atoms with Crippen LogP contribution in [0, 0.1) is 11.8 Å². The smallest absolute Gasteiger partial charge is 0.306 e. The van der Waals surface area contributed by atoms with E-state index in [1.165, 1.54) is 231 Å². The summed E-state index contributed by atoms with van der Waals surface area (Å²) in [6.07, 6.45) is 58.0. The molecule has 0 aromatic rings. The number of carbonyl (C=O) groups excluding carboxylic acids is 3. The normalized spacial score (nSPS) is 12.4. The van der Waals surface area contributed by atoms with Crippen molar-refractivity contribution >= 4 is 17.9 Å². The molecule has 0 aromatic heterocycles. The Bertz CT molecular complexity index is 1030. The third-order valence-corrected chi connectivity index (χ3v) is 14.3. The molecule has 0 aliphatic heterocycles. The Morgan fingerprint density at radius 3 is 0.851 bits per heavy atom. The third kappa shape index (κ3) is 53.6. The number of rotatable bonds is 55. The molecule has 2 atom stereocenters.